The van der Waals surface area contributed by atoms with Gasteiger partial charge >= 0.3 is 6.18 Å². The lowest BCUT2D eigenvalue weighted by Crippen LogP contribution is -2.50. The lowest BCUT2D eigenvalue weighted by atomic mass is 9.78. The summed E-state index contributed by atoms with van der Waals surface area (Å²) in [5.41, 5.74) is 0.600. The number of pyridine rings is 1. The highest BCUT2D eigenvalue weighted by Gasteiger charge is 2.59. The minimum Gasteiger partial charge on any atom is -0.379 e. The Morgan fingerprint density at radius 2 is 2.02 bits per heavy atom. The smallest absolute Gasteiger partial charge is 0.379 e. The van der Waals surface area contributed by atoms with Gasteiger partial charge in [-0.1, -0.05) is 30.3 Å². The summed E-state index contributed by atoms with van der Waals surface area (Å²) in [5, 5.41) is 3.67. The van der Waals surface area contributed by atoms with E-state index in [4.69, 9.17) is 9.47 Å². The average Bonchev–Trinajstić information content (AvgIpc) is 3.57. The van der Waals surface area contributed by atoms with Gasteiger partial charge in [-0.15, -0.1) is 0 Å². The first-order valence-corrected chi connectivity index (χ1v) is 15.7. The molecule has 2 unspecified atom stereocenters. The number of ether oxygens (including phenoxy) is 2. The molecule has 1 N–H and O–H groups in total. The number of fused-ring (bicyclic) bond motifs is 2. The summed E-state index contributed by atoms with van der Waals surface area (Å²) in [6.07, 6.45) is 0.0695. The SMILES string of the molecule is COC1COCCC1NC[C@@H]1C[C@H]2CN(C(=O)CCc3ccccc3)C[C@@]2(C(=O)N2CCc3ncc(C(F)(F)F)cc3C2)C1. The van der Waals surface area contributed by atoms with Gasteiger partial charge in [0.2, 0.25) is 11.8 Å². The fourth-order valence-corrected chi connectivity index (χ4v) is 7.80. The van der Waals surface area contributed by atoms with Crippen molar-refractivity contribution >= 4 is 11.8 Å². The highest BCUT2D eigenvalue weighted by Crippen LogP contribution is 2.53. The lowest BCUT2D eigenvalue weighted by Gasteiger charge is -2.37. The van der Waals surface area contributed by atoms with Crippen LogP contribution in [0.4, 0.5) is 13.2 Å². The fourth-order valence-electron chi connectivity index (χ4n) is 7.80. The molecule has 2 aromatic rings. The molecule has 238 valence electrons. The predicted molar refractivity (Wildman–Crippen MR) is 156 cm³/mol. The van der Waals surface area contributed by atoms with Crippen LogP contribution in [-0.4, -0.2) is 85.2 Å². The highest BCUT2D eigenvalue weighted by atomic mass is 19.4. The van der Waals surface area contributed by atoms with Crippen LogP contribution in [0.15, 0.2) is 42.6 Å². The van der Waals surface area contributed by atoms with Crippen LogP contribution in [0.2, 0.25) is 0 Å². The number of aryl methyl sites for hydroxylation is 1. The zero-order valence-corrected chi connectivity index (χ0v) is 25.2. The Hall–Kier alpha value is -3.02. The monoisotopic (exact) mass is 614 g/mol. The molecule has 1 aromatic heterocycles. The number of carbonyl (C=O) groups is 2. The van der Waals surface area contributed by atoms with E-state index in [9.17, 15) is 22.8 Å². The van der Waals surface area contributed by atoms with Gasteiger partial charge in [-0.25, -0.2) is 0 Å². The molecule has 1 aliphatic carbocycles. The molecule has 5 atom stereocenters. The fraction of sp³-hybridized carbons (Fsp3) is 0.606. The van der Waals surface area contributed by atoms with E-state index in [0.717, 1.165) is 37.2 Å². The Kier molecular flexibility index (Phi) is 8.99. The minimum absolute atomic E-state index is 0.00332. The maximum atomic E-state index is 14.5. The molecule has 3 aliphatic heterocycles. The molecular formula is C33H41F3N4O4. The Labute approximate surface area is 256 Å². The molecule has 11 heteroatoms. The number of hydrogen-bond acceptors (Lipinski definition) is 6. The van der Waals surface area contributed by atoms with Gasteiger partial charge in [0, 0.05) is 70.7 Å². The molecule has 0 spiro atoms. The van der Waals surface area contributed by atoms with Crippen molar-refractivity contribution in [2.75, 3.05) is 46.5 Å². The van der Waals surface area contributed by atoms with E-state index in [-0.39, 0.29) is 42.3 Å². The first-order chi connectivity index (χ1) is 21.2. The number of aromatic nitrogens is 1. The van der Waals surface area contributed by atoms with Gasteiger partial charge in [-0.05, 0) is 61.3 Å². The summed E-state index contributed by atoms with van der Waals surface area (Å²) in [6.45, 7) is 3.34. The molecule has 6 rings (SSSR count). The van der Waals surface area contributed by atoms with Crippen molar-refractivity contribution in [3.63, 3.8) is 0 Å². The van der Waals surface area contributed by atoms with Crippen LogP contribution < -0.4 is 5.32 Å². The van der Waals surface area contributed by atoms with Crippen LogP contribution in [0, 0.1) is 17.3 Å². The molecule has 4 heterocycles. The van der Waals surface area contributed by atoms with Crippen molar-refractivity contribution in [3.8, 4) is 0 Å². The summed E-state index contributed by atoms with van der Waals surface area (Å²) in [5.74, 6) is 0.225. The molecular weight excluding hydrogens is 573 g/mol. The molecule has 44 heavy (non-hydrogen) atoms. The van der Waals surface area contributed by atoms with Crippen LogP contribution in [0.25, 0.3) is 0 Å². The van der Waals surface area contributed by atoms with E-state index < -0.39 is 17.2 Å². The molecule has 2 amide bonds. The van der Waals surface area contributed by atoms with Crippen LogP contribution in [0.1, 0.15) is 48.1 Å². The number of nitrogens with one attached hydrogen (secondary N) is 1. The maximum Gasteiger partial charge on any atom is 0.417 e. The van der Waals surface area contributed by atoms with Gasteiger partial charge in [0.05, 0.1) is 23.7 Å². The van der Waals surface area contributed by atoms with Crippen LogP contribution >= 0.6 is 0 Å². The van der Waals surface area contributed by atoms with Gasteiger partial charge in [-0.2, -0.15) is 13.2 Å². The largest absolute Gasteiger partial charge is 0.417 e. The first-order valence-electron chi connectivity index (χ1n) is 15.7. The molecule has 2 saturated heterocycles. The van der Waals surface area contributed by atoms with Gasteiger partial charge < -0.3 is 24.6 Å². The Bertz CT molecular complexity index is 1340. The quantitative estimate of drug-likeness (QED) is 0.487. The van der Waals surface area contributed by atoms with Crippen molar-refractivity contribution in [1.82, 2.24) is 20.1 Å². The third kappa shape index (κ3) is 6.37. The van der Waals surface area contributed by atoms with E-state index in [1.165, 1.54) is 0 Å². The zero-order chi connectivity index (χ0) is 30.9. The van der Waals surface area contributed by atoms with Crippen LogP contribution in [0.5, 0.6) is 0 Å². The van der Waals surface area contributed by atoms with Crippen molar-refractivity contribution in [1.29, 1.82) is 0 Å². The second-order valence-corrected chi connectivity index (χ2v) is 12.9. The van der Waals surface area contributed by atoms with Gasteiger partial charge in [0.25, 0.3) is 0 Å². The van der Waals surface area contributed by atoms with E-state index in [1.54, 1.807) is 12.0 Å². The normalized spacial score (nSPS) is 28.5. The van der Waals surface area contributed by atoms with Gasteiger partial charge in [-0.3, -0.25) is 14.6 Å². The first kappa shape index (κ1) is 31.0. The Balaban J connectivity index is 1.18. The van der Waals surface area contributed by atoms with Crippen molar-refractivity contribution in [2.45, 2.75) is 63.4 Å². The van der Waals surface area contributed by atoms with E-state index in [1.807, 2.05) is 35.2 Å². The highest BCUT2D eigenvalue weighted by molar-refractivity contribution is 5.86. The molecule has 4 aliphatic rings. The molecule has 0 bridgehead atoms. The maximum absolute atomic E-state index is 14.5. The third-order valence-corrected chi connectivity index (χ3v) is 10.1. The van der Waals surface area contributed by atoms with E-state index in [0.29, 0.717) is 69.8 Å². The third-order valence-electron chi connectivity index (χ3n) is 10.1. The van der Waals surface area contributed by atoms with Crippen molar-refractivity contribution in [2.24, 2.45) is 17.3 Å². The number of nitrogens with zero attached hydrogens (tertiary/aromatic N) is 3. The van der Waals surface area contributed by atoms with Crippen LogP contribution in [-0.2, 0) is 44.6 Å². The number of amides is 2. The van der Waals surface area contributed by atoms with Crippen LogP contribution in [0.3, 0.4) is 0 Å². The average molecular weight is 615 g/mol. The minimum atomic E-state index is -4.50. The number of hydrogen-bond donors (Lipinski definition) is 1. The van der Waals surface area contributed by atoms with Crippen molar-refractivity contribution < 1.29 is 32.2 Å². The lowest BCUT2D eigenvalue weighted by molar-refractivity contribution is -0.144. The Morgan fingerprint density at radius 3 is 2.80 bits per heavy atom. The summed E-state index contributed by atoms with van der Waals surface area (Å²) in [7, 11) is 1.69. The number of methoxy groups -OCH3 is 1. The molecule has 1 aromatic carbocycles. The zero-order valence-electron chi connectivity index (χ0n) is 25.2. The molecule has 3 fully saturated rings. The number of carbonyl (C=O) groups excluding carboxylic acids is 2. The van der Waals surface area contributed by atoms with Gasteiger partial charge in [0.15, 0.2) is 0 Å². The predicted octanol–water partition coefficient (Wildman–Crippen LogP) is 3.87. The molecule has 8 nitrogen and oxygen atoms in total. The summed E-state index contributed by atoms with van der Waals surface area (Å²) < 4.78 is 51.5. The number of halogens is 3. The van der Waals surface area contributed by atoms with Gasteiger partial charge in [0.1, 0.15) is 0 Å². The Morgan fingerprint density at radius 1 is 1.20 bits per heavy atom. The second kappa shape index (κ2) is 12.8. The number of alkyl halides is 3. The van der Waals surface area contributed by atoms with E-state index in [2.05, 4.69) is 10.3 Å². The standard InChI is InChI=1S/C33H41F3N4O4/c1-43-29-20-44-12-10-28(29)37-16-23-13-26-19-40(30(41)8-7-22-5-3-2-4-6-22)21-32(26,15-23)31(42)39-11-9-27-24(18-39)14-25(17-38-27)33(34,35)36/h2-6,14,17,23,26,28-29,37H,7-13,15-16,18-21H2,1H3/t23-,26+,28?,29?,32+/m1/s1. The molecule has 1 saturated carbocycles. The topological polar surface area (TPSA) is 84.0 Å². The second-order valence-electron chi connectivity index (χ2n) is 12.9. The number of likely N-dealkylation sites (tertiary alicyclic amines) is 1. The number of rotatable bonds is 8. The van der Waals surface area contributed by atoms with Crippen molar-refractivity contribution in [3.05, 3.63) is 65.0 Å². The molecule has 0 radical (unpaired) electrons. The summed E-state index contributed by atoms with van der Waals surface area (Å²) in [6, 6.07) is 11.2. The number of benzene rings is 1. The summed E-state index contributed by atoms with van der Waals surface area (Å²) >= 11 is 0. The summed E-state index contributed by atoms with van der Waals surface area (Å²) in [4.78, 5) is 35.5. The van der Waals surface area contributed by atoms with E-state index >= 15 is 0 Å².